The van der Waals surface area contributed by atoms with Gasteiger partial charge in [-0.1, -0.05) is 36.4 Å². The standard InChI is InChI=1S/C24H28N2O3/c27-23(25-13-4-5-14-25)20-11-15-26(16-12-20)24(28)21-9-6-10-22(17-21)29-18-19-7-2-1-3-8-19/h1-3,6-10,17,20H,4-5,11-16,18H2. The molecule has 29 heavy (non-hydrogen) atoms. The minimum Gasteiger partial charge on any atom is -0.489 e. The van der Waals surface area contributed by atoms with Gasteiger partial charge in [0.2, 0.25) is 5.91 Å². The van der Waals surface area contributed by atoms with Crippen LogP contribution in [0.15, 0.2) is 54.6 Å². The number of benzene rings is 2. The number of rotatable bonds is 5. The Morgan fingerprint density at radius 2 is 1.59 bits per heavy atom. The molecule has 2 heterocycles. The minimum absolute atomic E-state index is 0.0160. The van der Waals surface area contributed by atoms with Gasteiger partial charge in [0.1, 0.15) is 12.4 Å². The topological polar surface area (TPSA) is 49.9 Å². The van der Waals surface area contributed by atoms with Gasteiger partial charge in [-0.05, 0) is 49.4 Å². The molecule has 2 aliphatic heterocycles. The Bertz CT molecular complexity index is 838. The summed E-state index contributed by atoms with van der Waals surface area (Å²) in [7, 11) is 0. The summed E-state index contributed by atoms with van der Waals surface area (Å²) in [6.07, 6.45) is 3.74. The number of hydrogen-bond acceptors (Lipinski definition) is 3. The van der Waals surface area contributed by atoms with Crippen LogP contribution in [-0.4, -0.2) is 47.8 Å². The van der Waals surface area contributed by atoms with Crippen LogP contribution in [0.1, 0.15) is 41.6 Å². The molecule has 5 heteroatoms. The summed E-state index contributed by atoms with van der Waals surface area (Å²) in [6.45, 7) is 3.54. The van der Waals surface area contributed by atoms with Gasteiger partial charge in [-0.25, -0.2) is 0 Å². The molecule has 0 aromatic heterocycles. The van der Waals surface area contributed by atoms with Crippen molar-refractivity contribution in [1.29, 1.82) is 0 Å². The molecule has 2 aromatic rings. The maximum Gasteiger partial charge on any atom is 0.253 e. The quantitative estimate of drug-likeness (QED) is 0.779. The van der Waals surface area contributed by atoms with Crippen molar-refractivity contribution in [3.8, 4) is 5.75 Å². The van der Waals surface area contributed by atoms with E-state index >= 15 is 0 Å². The molecule has 0 atom stereocenters. The van der Waals surface area contributed by atoms with Crippen molar-refractivity contribution in [2.24, 2.45) is 5.92 Å². The fourth-order valence-corrected chi connectivity index (χ4v) is 4.17. The first-order valence-electron chi connectivity index (χ1n) is 10.6. The molecular formula is C24H28N2O3. The van der Waals surface area contributed by atoms with Crippen LogP contribution in [-0.2, 0) is 11.4 Å². The van der Waals surface area contributed by atoms with Crippen LogP contribution >= 0.6 is 0 Å². The molecule has 2 aliphatic rings. The Balaban J connectivity index is 1.32. The van der Waals surface area contributed by atoms with Crippen LogP contribution in [0.25, 0.3) is 0 Å². The van der Waals surface area contributed by atoms with E-state index in [1.165, 1.54) is 0 Å². The van der Waals surface area contributed by atoms with Gasteiger partial charge in [0.05, 0.1) is 0 Å². The van der Waals surface area contributed by atoms with Crippen LogP contribution in [0, 0.1) is 5.92 Å². The third kappa shape index (κ3) is 4.78. The van der Waals surface area contributed by atoms with Crippen LogP contribution in [0.4, 0.5) is 0 Å². The summed E-state index contributed by atoms with van der Waals surface area (Å²) in [5.74, 6) is 1.06. The summed E-state index contributed by atoms with van der Waals surface area (Å²) in [6, 6.07) is 17.4. The van der Waals surface area contributed by atoms with Crippen molar-refractivity contribution in [1.82, 2.24) is 9.80 Å². The van der Waals surface area contributed by atoms with E-state index in [-0.39, 0.29) is 17.7 Å². The third-order valence-electron chi connectivity index (χ3n) is 5.88. The van der Waals surface area contributed by atoms with Gasteiger partial charge in [0.25, 0.3) is 5.91 Å². The highest BCUT2D eigenvalue weighted by Crippen LogP contribution is 2.24. The first-order valence-corrected chi connectivity index (χ1v) is 10.6. The predicted octanol–water partition coefficient (Wildman–Crippen LogP) is 3.74. The number of likely N-dealkylation sites (tertiary alicyclic amines) is 2. The van der Waals surface area contributed by atoms with E-state index in [2.05, 4.69) is 0 Å². The second kappa shape index (κ2) is 9.12. The van der Waals surface area contributed by atoms with Gasteiger partial charge >= 0.3 is 0 Å². The van der Waals surface area contributed by atoms with Gasteiger partial charge in [0.15, 0.2) is 0 Å². The normalized spacial score (nSPS) is 17.4. The van der Waals surface area contributed by atoms with Crippen molar-refractivity contribution in [2.45, 2.75) is 32.3 Å². The summed E-state index contributed by atoms with van der Waals surface area (Å²) < 4.78 is 5.85. The van der Waals surface area contributed by atoms with Gasteiger partial charge < -0.3 is 14.5 Å². The molecule has 2 saturated heterocycles. The number of amides is 2. The number of carbonyl (C=O) groups excluding carboxylic acids is 2. The number of piperidine rings is 1. The molecule has 2 aromatic carbocycles. The molecule has 4 rings (SSSR count). The second-order valence-electron chi connectivity index (χ2n) is 7.90. The van der Waals surface area contributed by atoms with E-state index in [1.54, 1.807) is 0 Å². The summed E-state index contributed by atoms with van der Waals surface area (Å²) in [4.78, 5) is 29.4. The summed E-state index contributed by atoms with van der Waals surface area (Å²) in [5, 5.41) is 0. The maximum atomic E-state index is 12.9. The fraction of sp³-hybridized carbons (Fsp3) is 0.417. The maximum absolute atomic E-state index is 12.9. The van der Waals surface area contributed by atoms with Crippen molar-refractivity contribution in [3.05, 3.63) is 65.7 Å². The zero-order valence-electron chi connectivity index (χ0n) is 16.8. The smallest absolute Gasteiger partial charge is 0.253 e. The van der Waals surface area contributed by atoms with Gasteiger partial charge in [-0.2, -0.15) is 0 Å². The number of nitrogens with zero attached hydrogens (tertiary/aromatic N) is 2. The molecular weight excluding hydrogens is 364 g/mol. The van der Waals surface area contributed by atoms with Crippen molar-refractivity contribution in [3.63, 3.8) is 0 Å². The average molecular weight is 392 g/mol. The number of ether oxygens (including phenoxy) is 1. The minimum atomic E-state index is 0.0160. The number of hydrogen-bond donors (Lipinski definition) is 0. The molecule has 0 bridgehead atoms. The zero-order valence-corrected chi connectivity index (χ0v) is 16.8. The second-order valence-corrected chi connectivity index (χ2v) is 7.90. The Labute approximate surface area is 172 Å². The Morgan fingerprint density at radius 3 is 2.31 bits per heavy atom. The van der Waals surface area contributed by atoms with Crippen LogP contribution in [0.5, 0.6) is 5.75 Å². The third-order valence-corrected chi connectivity index (χ3v) is 5.88. The molecule has 0 unspecified atom stereocenters. The molecule has 0 N–H and O–H groups in total. The fourth-order valence-electron chi connectivity index (χ4n) is 4.17. The van der Waals surface area contributed by atoms with E-state index in [1.807, 2.05) is 64.4 Å². The molecule has 0 saturated carbocycles. The summed E-state index contributed by atoms with van der Waals surface area (Å²) in [5.41, 5.74) is 1.73. The SMILES string of the molecule is O=C(c1cccc(OCc2ccccc2)c1)N1CCC(C(=O)N2CCCC2)CC1. The van der Waals surface area contributed by atoms with E-state index in [4.69, 9.17) is 4.74 Å². The monoisotopic (exact) mass is 392 g/mol. The zero-order chi connectivity index (χ0) is 20.1. The highest BCUT2D eigenvalue weighted by atomic mass is 16.5. The Morgan fingerprint density at radius 1 is 0.862 bits per heavy atom. The van der Waals surface area contributed by atoms with Crippen molar-refractivity contribution in [2.75, 3.05) is 26.2 Å². The van der Waals surface area contributed by atoms with Crippen LogP contribution in [0.2, 0.25) is 0 Å². The lowest BCUT2D eigenvalue weighted by Crippen LogP contribution is -2.43. The molecule has 152 valence electrons. The van der Waals surface area contributed by atoms with E-state index < -0.39 is 0 Å². The molecule has 5 nitrogen and oxygen atoms in total. The predicted molar refractivity (Wildman–Crippen MR) is 112 cm³/mol. The van der Waals surface area contributed by atoms with Gasteiger partial charge in [-0.15, -0.1) is 0 Å². The van der Waals surface area contributed by atoms with Crippen LogP contribution in [0.3, 0.4) is 0 Å². The molecule has 2 amide bonds. The average Bonchev–Trinajstić information content (AvgIpc) is 3.33. The van der Waals surface area contributed by atoms with Crippen molar-refractivity contribution >= 4 is 11.8 Å². The Kier molecular flexibility index (Phi) is 6.13. The lowest BCUT2D eigenvalue weighted by molar-refractivity contribution is -0.135. The Hall–Kier alpha value is -2.82. The largest absolute Gasteiger partial charge is 0.489 e. The van der Waals surface area contributed by atoms with E-state index in [9.17, 15) is 9.59 Å². The van der Waals surface area contributed by atoms with E-state index in [0.29, 0.717) is 31.0 Å². The molecule has 0 radical (unpaired) electrons. The molecule has 0 aliphatic carbocycles. The van der Waals surface area contributed by atoms with Gasteiger partial charge in [-0.3, -0.25) is 9.59 Å². The first kappa shape index (κ1) is 19.5. The first-order chi connectivity index (χ1) is 14.2. The highest BCUT2D eigenvalue weighted by molar-refractivity contribution is 5.94. The lowest BCUT2D eigenvalue weighted by atomic mass is 9.95. The number of carbonyl (C=O) groups is 2. The van der Waals surface area contributed by atoms with Gasteiger partial charge in [0, 0.05) is 37.7 Å². The lowest BCUT2D eigenvalue weighted by Gasteiger charge is -2.33. The summed E-state index contributed by atoms with van der Waals surface area (Å²) >= 11 is 0. The molecule has 2 fully saturated rings. The highest BCUT2D eigenvalue weighted by Gasteiger charge is 2.31. The van der Waals surface area contributed by atoms with Crippen molar-refractivity contribution < 1.29 is 14.3 Å². The van der Waals surface area contributed by atoms with Crippen LogP contribution < -0.4 is 4.74 Å². The van der Waals surface area contributed by atoms with E-state index in [0.717, 1.165) is 44.3 Å². The molecule has 0 spiro atoms.